The van der Waals surface area contributed by atoms with Gasteiger partial charge in [-0.2, -0.15) is 0 Å². The SMILES string of the molecule is CC(C)CCN1CCN2CCCC2C1. The lowest BCUT2D eigenvalue weighted by molar-refractivity contribution is 0.101. The molecule has 1 unspecified atom stereocenters. The molecule has 2 rings (SSSR count). The van der Waals surface area contributed by atoms with Crippen molar-refractivity contribution in [2.45, 2.75) is 39.2 Å². The molecule has 0 amide bonds. The van der Waals surface area contributed by atoms with Gasteiger partial charge >= 0.3 is 0 Å². The zero-order valence-corrected chi connectivity index (χ0v) is 9.71. The van der Waals surface area contributed by atoms with Crippen LogP contribution < -0.4 is 0 Å². The number of hydrogen-bond donors (Lipinski definition) is 0. The van der Waals surface area contributed by atoms with Crippen molar-refractivity contribution in [3.8, 4) is 0 Å². The molecule has 2 nitrogen and oxygen atoms in total. The number of rotatable bonds is 3. The second kappa shape index (κ2) is 4.63. The maximum absolute atomic E-state index is 2.69. The van der Waals surface area contributed by atoms with Crippen LogP contribution in [-0.2, 0) is 0 Å². The monoisotopic (exact) mass is 196 g/mol. The lowest BCUT2D eigenvalue weighted by Crippen LogP contribution is -2.50. The van der Waals surface area contributed by atoms with Crippen molar-refractivity contribution in [1.29, 1.82) is 0 Å². The van der Waals surface area contributed by atoms with E-state index in [9.17, 15) is 0 Å². The van der Waals surface area contributed by atoms with Crippen molar-refractivity contribution in [2.24, 2.45) is 5.92 Å². The molecule has 0 aromatic rings. The van der Waals surface area contributed by atoms with Gasteiger partial charge in [0.1, 0.15) is 0 Å². The second-order valence-electron chi connectivity index (χ2n) is 5.32. The lowest BCUT2D eigenvalue weighted by atomic mass is 10.1. The van der Waals surface area contributed by atoms with Crippen LogP contribution in [0, 0.1) is 5.92 Å². The van der Waals surface area contributed by atoms with Gasteiger partial charge < -0.3 is 4.90 Å². The van der Waals surface area contributed by atoms with Crippen LogP contribution in [0.5, 0.6) is 0 Å². The molecule has 2 saturated heterocycles. The highest BCUT2D eigenvalue weighted by atomic mass is 15.3. The zero-order chi connectivity index (χ0) is 9.97. The van der Waals surface area contributed by atoms with Gasteiger partial charge in [0.05, 0.1) is 0 Å². The molecule has 2 aliphatic heterocycles. The minimum atomic E-state index is 0.858. The summed E-state index contributed by atoms with van der Waals surface area (Å²) in [6.45, 7) is 11.3. The third kappa shape index (κ3) is 2.48. The molecule has 0 bridgehead atoms. The van der Waals surface area contributed by atoms with Gasteiger partial charge in [-0.25, -0.2) is 0 Å². The van der Waals surface area contributed by atoms with E-state index in [1.807, 2.05) is 0 Å². The Bertz CT molecular complexity index is 179. The first kappa shape index (κ1) is 10.4. The fourth-order valence-corrected chi connectivity index (χ4v) is 2.70. The summed E-state index contributed by atoms with van der Waals surface area (Å²) in [6, 6.07) is 0.899. The fraction of sp³-hybridized carbons (Fsp3) is 1.00. The molecule has 0 aliphatic carbocycles. The van der Waals surface area contributed by atoms with Crippen molar-refractivity contribution in [2.75, 3.05) is 32.7 Å². The molecule has 82 valence electrons. The summed E-state index contributed by atoms with van der Waals surface area (Å²) >= 11 is 0. The summed E-state index contributed by atoms with van der Waals surface area (Å²) in [5.41, 5.74) is 0. The van der Waals surface area contributed by atoms with Crippen LogP contribution in [0.4, 0.5) is 0 Å². The zero-order valence-electron chi connectivity index (χ0n) is 9.71. The highest BCUT2D eigenvalue weighted by Gasteiger charge is 2.29. The highest BCUT2D eigenvalue weighted by Crippen LogP contribution is 2.21. The van der Waals surface area contributed by atoms with Crippen LogP contribution in [0.25, 0.3) is 0 Å². The number of piperazine rings is 1. The molecule has 2 heteroatoms. The van der Waals surface area contributed by atoms with Crippen LogP contribution in [0.1, 0.15) is 33.1 Å². The largest absolute Gasteiger partial charge is 0.301 e. The quantitative estimate of drug-likeness (QED) is 0.679. The third-order valence-electron chi connectivity index (χ3n) is 3.69. The molecule has 0 saturated carbocycles. The predicted octanol–water partition coefficient (Wildman–Crippen LogP) is 1.81. The van der Waals surface area contributed by atoms with E-state index in [1.54, 1.807) is 0 Å². The Morgan fingerprint density at radius 3 is 2.86 bits per heavy atom. The van der Waals surface area contributed by atoms with Crippen LogP contribution in [0.3, 0.4) is 0 Å². The normalized spacial score (nSPS) is 29.8. The number of hydrogen-bond acceptors (Lipinski definition) is 2. The molecule has 0 aromatic heterocycles. The van der Waals surface area contributed by atoms with E-state index in [4.69, 9.17) is 0 Å². The first-order chi connectivity index (χ1) is 6.75. The predicted molar refractivity (Wildman–Crippen MR) is 60.5 cm³/mol. The summed E-state index contributed by atoms with van der Waals surface area (Å²) < 4.78 is 0. The molecule has 0 aromatic carbocycles. The summed E-state index contributed by atoms with van der Waals surface area (Å²) in [5, 5.41) is 0. The van der Waals surface area contributed by atoms with Gasteiger partial charge in [0, 0.05) is 25.7 Å². The molecule has 0 N–H and O–H groups in total. The van der Waals surface area contributed by atoms with E-state index in [0.29, 0.717) is 0 Å². The Labute approximate surface area is 88.3 Å². The molecule has 14 heavy (non-hydrogen) atoms. The van der Waals surface area contributed by atoms with Gasteiger partial charge in [-0.1, -0.05) is 13.8 Å². The Morgan fingerprint density at radius 1 is 1.21 bits per heavy atom. The van der Waals surface area contributed by atoms with Crippen molar-refractivity contribution in [3.05, 3.63) is 0 Å². The third-order valence-corrected chi connectivity index (χ3v) is 3.69. The van der Waals surface area contributed by atoms with Crippen LogP contribution >= 0.6 is 0 Å². The molecule has 0 spiro atoms. The van der Waals surface area contributed by atoms with Gasteiger partial charge in [-0.05, 0) is 38.3 Å². The Kier molecular flexibility index (Phi) is 3.45. The van der Waals surface area contributed by atoms with Gasteiger partial charge in [-0.3, -0.25) is 4.90 Å². The molecular formula is C12H24N2. The topological polar surface area (TPSA) is 6.48 Å². The first-order valence-corrected chi connectivity index (χ1v) is 6.22. The first-order valence-electron chi connectivity index (χ1n) is 6.22. The van der Waals surface area contributed by atoms with Gasteiger partial charge in [0.15, 0.2) is 0 Å². The van der Waals surface area contributed by atoms with Crippen LogP contribution in [0.15, 0.2) is 0 Å². The van der Waals surface area contributed by atoms with Gasteiger partial charge in [0.2, 0.25) is 0 Å². The van der Waals surface area contributed by atoms with Crippen molar-refractivity contribution < 1.29 is 0 Å². The molecule has 2 heterocycles. The Morgan fingerprint density at radius 2 is 2.07 bits per heavy atom. The van der Waals surface area contributed by atoms with Gasteiger partial charge in [0.25, 0.3) is 0 Å². The van der Waals surface area contributed by atoms with Crippen molar-refractivity contribution in [3.63, 3.8) is 0 Å². The minimum absolute atomic E-state index is 0.858. The molecule has 1 atom stereocenters. The Hall–Kier alpha value is -0.0800. The van der Waals surface area contributed by atoms with Crippen molar-refractivity contribution >= 4 is 0 Å². The smallest absolute Gasteiger partial charge is 0.0224 e. The average Bonchev–Trinajstić information content (AvgIpc) is 2.61. The minimum Gasteiger partial charge on any atom is -0.301 e. The van der Waals surface area contributed by atoms with E-state index in [1.165, 1.54) is 52.0 Å². The highest BCUT2D eigenvalue weighted by molar-refractivity contribution is 4.86. The van der Waals surface area contributed by atoms with Crippen molar-refractivity contribution in [1.82, 2.24) is 9.80 Å². The maximum Gasteiger partial charge on any atom is 0.0224 e. The second-order valence-corrected chi connectivity index (χ2v) is 5.32. The van der Waals surface area contributed by atoms with Gasteiger partial charge in [-0.15, -0.1) is 0 Å². The van der Waals surface area contributed by atoms with Crippen LogP contribution in [0.2, 0.25) is 0 Å². The van der Waals surface area contributed by atoms with E-state index >= 15 is 0 Å². The average molecular weight is 196 g/mol. The molecule has 2 aliphatic rings. The Balaban J connectivity index is 1.74. The summed E-state index contributed by atoms with van der Waals surface area (Å²) in [6.07, 6.45) is 4.24. The number of fused-ring (bicyclic) bond motifs is 1. The maximum atomic E-state index is 2.69. The lowest BCUT2D eigenvalue weighted by Gasteiger charge is -2.37. The molecule has 2 fully saturated rings. The van der Waals surface area contributed by atoms with E-state index < -0.39 is 0 Å². The van der Waals surface area contributed by atoms with Crippen LogP contribution in [-0.4, -0.2) is 48.6 Å². The summed E-state index contributed by atoms with van der Waals surface area (Å²) in [7, 11) is 0. The van der Waals surface area contributed by atoms with E-state index in [-0.39, 0.29) is 0 Å². The summed E-state index contributed by atoms with van der Waals surface area (Å²) in [4.78, 5) is 5.36. The standard InChI is InChI=1S/C12H24N2/c1-11(2)5-7-13-8-9-14-6-3-4-12(14)10-13/h11-12H,3-10H2,1-2H3. The van der Waals surface area contributed by atoms with E-state index in [0.717, 1.165) is 12.0 Å². The number of nitrogens with zero attached hydrogens (tertiary/aromatic N) is 2. The molecular weight excluding hydrogens is 172 g/mol. The summed E-state index contributed by atoms with van der Waals surface area (Å²) in [5.74, 6) is 0.858. The van der Waals surface area contributed by atoms with E-state index in [2.05, 4.69) is 23.6 Å². The fourth-order valence-electron chi connectivity index (χ4n) is 2.70. The molecule has 0 radical (unpaired) electrons.